The van der Waals surface area contributed by atoms with Crippen LogP contribution in [0.1, 0.15) is 30.9 Å². The summed E-state index contributed by atoms with van der Waals surface area (Å²) in [6, 6.07) is 5.16. The maximum atomic E-state index is 12.6. The third-order valence-electron chi connectivity index (χ3n) is 4.80. The summed E-state index contributed by atoms with van der Waals surface area (Å²) in [7, 11) is 2.17. The molecule has 1 heterocycles. The Morgan fingerprint density at radius 2 is 1.82 bits per heavy atom. The van der Waals surface area contributed by atoms with Gasteiger partial charge in [0, 0.05) is 26.2 Å². The zero-order valence-corrected chi connectivity index (χ0v) is 16.9. The average molecular weight is 400 g/mol. The van der Waals surface area contributed by atoms with Gasteiger partial charge in [-0.3, -0.25) is 0 Å². The van der Waals surface area contributed by atoms with Crippen LogP contribution in [0.2, 0.25) is 0 Å². The van der Waals surface area contributed by atoms with E-state index in [1.165, 1.54) is 18.6 Å². The summed E-state index contributed by atoms with van der Waals surface area (Å²) >= 11 is 0. The van der Waals surface area contributed by atoms with E-state index in [9.17, 15) is 13.2 Å². The minimum absolute atomic E-state index is 0.339. The van der Waals surface area contributed by atoms with E-state index in [0.29, 0.717) is 12.5 Å². The molecule has 0 aliphatic carbocycles. The summed E-state index contributed by atoms with van der Waals surface area (Å²) < 4.78 is 37.9. The van der Waals surface area contributed by atoms with E-state index in [1.54, 1.807) is 0 Å². The van der Waals surface area contributed by atoms with Crippen molar-refractivity contribution >= 4 is 5.96 Å². The van der Waals surface area contributed by atoms with E-state index in [2.05, 4.69) is 32.5 Å². The second-order valence-electron chi connectivity index (χ2n) is 7.17. The number of nitrogens with zero attached hydrogens (tertiary/aromatic N) is 3. The van der Waals surface area contributed by atoms with Crippen molar-refractivity contribution in [3.05, 3.63) is 35.4 Å². The molecule has 5 nitrogen and oxygen atoms in total. The van der Waals surface area contributed by atoms with E-state index in [-0.39, 0.29) is 0 Å². The van der Waals surface area contributed by atoms with E-state index < -0.39 is 11.7 Å². The summed E-state index contributed by atoms with van der Waals surface area (Å²) in [5.74, 6) is 0.693. The molecule has 1 aromatic carbocycles. The smallest absolute Gasteiger partial charge is 0.357 e. The van der Waals surface area contributed by atoms with Gasteiger partial charge >= 0.3 is 6.18 Å². The lowest BCUT2D eigenvalue weighted by Crippen LogP contribution is -2.39. The molecule has 0 atom stereocenters. The number of likely N-dealkylation sites (N-methyl/N-ethyl adjacent to an activating group) is 1. The van der Waals surface area contributed by atoms with Gasteiger partial charge in [-0.1, -0.05) is 12.1 Å². The second-order valence-corrected chi connectivity index (χ2v) is 7.17. The number of guanidine groups is 1. The molecule has 1 aromatic rings. The molecule has 1 fully saturated rings. The van der Waals surface area contributed by atoms with Gasteiger partial charge in [-0.15, -0.1) is 0 Å². The Labute approximate surface area is 166 Å². The minimum Gasteiger partial charge on any atom is -0.357 e. The van der Waals surface area contributed by atoms with Crippen LogP contribution in [0.25, 0.3) is 0 Å². The highest BCUT2D eigenvalue weighted by Crippen LogP contribution is 2.29. The number of hydrogen-bond donors (Lipinski definition) is 2. The van der Waals surface area contributed by atoms with E-state index >= 15 is 0 Å². The van der Waals surface area contributed by atoms with Crippen LogP contribution in [0.15, 0.2) is 29.3 Å². The van der Waals surface area contributed by atoms with Crippen LogP contribution >= 0.6 is 0 Å². The van der Waals surface area contributed by atoms with Gasteiger partial charge in [-0.25, -0.2) is 4.99 Å². The van der Waals surface area contributed by atoms with Gasteiger partial charge in [-0.05, 0) is 64.1 Å². The molecule has 0 saturated carbocycles. The molecule has 1 aliphatic rings. The fraction of sp³-hybridized carbons (Fsp3) is 0.650. The number of hydrogen-bond acceptors (Lipinski definition) is 3. The van der Waals surface area contributed by atoms with Crippen molar-refractivity contribution in [2.45, 2.75) is 32.5 Å². The molecule has 28 heavy (non-hydrogen) atoms. The predicted molar refractivity (Wildman–Crippen MR) is 107 cm³/mol. The van der Waals surface area contributed by atoms with Crippen molar-refractivity contribution in [1.29, 1.82) is 0 Å². The Morgan fingerprint density at radius 3 is 2.50 bits per heavy atom. The quantitative estimate of drug-likeness (QED) is 0.420. The first kappa shape index (κ1) is 22.5. The molecule has 2 N–H and O–H groups in total. The molecule has 0 amide bonds. The zero-order valence-electron chi connectivity index (χ0n) is 16.9. The molecule has 0 spiro atoms. The minimum atomic E-state index is -4.30. The molecule has 0 unspecified atom stereocenters. The molecule has 2 rings (SSSR count). The third-order valence-corrected chi connectivity index (χ3v) is 4.80. The van der Waals surface area contributed by atoms with Crippen LogP contribution in [0.5, 0.6) is 0 Å². The molecular formula is C20H32F3N5. The lowest BCUT2D eigenvalue weighted by Gasteiger charge is -2.20. The first-order valence-corrected chi connectivity index (χ1v) is 9.97. The van der Waals surface area contributed by atoms with Gasteiger partial charge in [0.1, 0.15) is 0 Å². The Balaban J connectivity index is 1.77. The fourth-order valence-electron chi connectivity index (χ4n) is 3.14. The molecule has 0 aromatic heterocycles. The number of halogens is 3. The normalized spacial score (nSPS) is 17.4. The first-order valence-electron chi connectivity index (χ1n) is 9.97. The average Bonchev–Trinajstić information content (AvgIpc) is 2.87. The third kappa shape index (κ3) is 8.06. The molecule has 1 saturated heterocycles. The number of rotatable bonds is 7. The molecule has 0 bridgehead atoms. The van der Waals surface area contributed by atoms with Crippen molar-refractivity contribution in [2.75, 3.05) is 52.9 Å². The maximum Gasteiger partial charge on any atom is 0.416 e. The van der Waals surface area contributed by atoms with Crippen LogP contribution in [-0.2, 0) is 12.7 Å². The molecule has 0 radical (unpaired) electrons. The molecule has 158 valence electrons. The highest BCUT2D eigenvalue weighted by atomic mass is 19.4. The number of nitrogens with one attached hydrogen (secondary N) is 2. The Hall–Kier alpha value is -1.80. The number of alkyl halides is 3. The van der Waals surface area contributed by atoms with Crippen LogP contribution in [0.3, 0.4) is 0 Å². The predicted octanol–water partition coefficient (Wildman–Crippen LogP) is 2.79. The summed E-state index contributed by atoms with van der Waals surface area (Å²) in [5.41, 5.74) is 0.115. The maximum absolute atomic E-state index is 12.6. The van der Waals surface area contributed by atoms with Crippen LogP contribution in [0, 0.1) is 0 Å². The van der Waals surface area contributed by atoms with Crippen LogP contribution < -0.4 is 10.6 Å². The molecule has 8 heteroatoms. The summed E-state index contributed by atoms with van der Waals surface area (Å²) in [6.45, 7) is 9.46. The monoisotopic (exact) mass is 399 g/mol. The van der Waals surface area contributed by atoms with Gasteiger partial charge in [0.25, 0.3) is 0 Å². The van der Waals surface area contributed by atoms with E-state index in [4.69, 9.17) is 0 Å². The Kier molecular flexibility index (Phi) is 9.05. The Bertz CT molecular complexity index is 601. The fourth-order valence-corrected chi connectivity index (χ4v) is 3.14. The number of benzene rings is 1. The summed E-state index contributed by atoms with van der Waals surface area (Å²) in [4.78, 5) is 9.35. The lowest BCUT2D eigenvalue weighted by atomic mass is 10.1. The number of aliphatic imine (C=N–C) groups is 1. The van der Waals surface area contributed by atoms with Crippen molar-refractivity contribution in [1.82, 2.24) is 20.4 Å². The largest absolute Gasteiger partial charge is 0.416 e. The topological polar surface area (TPSA) is 42.9 Å². The van der Waals surface area contributed by atoms with Gasteiger partial charge in [0.05, 0.1) is 12.1 Å². The van der Waals surface area contributed by atoms with Crippen molar-refractivity contribution in [3.8, 4) is 0 Å². The van der Waals surface area contributed by atoms with E-state index in [0.717, 1.165) is 69.9 Å². The van der Waals surface area contributed by atoms with Gasteiger partial charge in [0.2, 0.25) is 0 Å². The second kappa shape index (κ2) is 11.3. The van der Waals surface area contributed by atoms with Crippen LogP contribution in [0.4, 0.5) is 13.2 Å². The molecule has 1 aliphatic heterocycles. The summed E-state index contributed by atoms with van der Waals surface area (Å²) in [5, 5.41) is 6.49. The zero-order chi connectivity index (χ0) is 20.4. The van der Waals surface area contributed by atoms with Gasteiger partial charge < -0.3 is 20.4 Å². The van der Waals surface area contributed by atoms with E-state index in [1.807, 2.05) is 6.92 Å². The van der Waals surface area contributed by atoms with Crippen molar-refractivity contribution in [3.63, 3.8) is 0 Å². The lowest BCUT2D eigenvalue weighted by molar-refractivity contribution is -0.137. The van der Waals surface area contributed by atoms with Crippen LogP contribution in [-0.4, -0.2) is 68.6 Å². The van der Waals surface area contributed by atoms with Crippen molar-refractivity contribution < 1.29 is 13.2 Å². The molecular weight excluding hydrogens is 367 g/mol. The van der Waals surface area contributed by atoms with Gasteiger partial charge in [0.15, 0.2) is 5.96 Å². The standard InChI is InChI=1S/C20H32F3N5/c1-3-24-19(25-10-4-12-28-13-5-11-27(2)14-15-28)26-16-17-6-8-18(9-7-17)20(21,22)23/h6-9H,3-5,10-16H2,1-2H3,(H2,24,25,26). The Morgan fingerprint density at radius 1 is 1.07 bits per heavy atom. The highest BCUT2D eigenvalue weighted by molar-refractivity contribution is 5.79. The van der Waals surface area contributed by atoms with Gasteiger partial charge in [-0.2, -0.15) is 13.2 Å². The first-order chi connectivity index (χ1) is 13.4. The highest BCUT2D eigenvalue weighted by Gasteiger charge is 2.29. The summed E-state index contributed by atoms with van der Waals surface area (Å²) in [6.07, 6.45) is -2.07. The van der Waals surface area contributed by atoms with Crippen molar-refractivity contribution in [2.24, 2.45) is 4.99 Å². The SMILES string of the molecule is CCNC(=NCc1ccc(C(F)(F)F)cc1)NCCCN1CCCN(C)CC1.